The number of carboxylic acids is 2. The molecule has 2 aromatic heterocycles. The maximum absolute atomic E-state index is 10.8. The molecule has 0 amide bonds. The molecular formula is C15H17N3O4S2. The average Bonchev–Trinajstić information content (AvgIpc) is 2.85. The van der Waals surface area contributed by atoms with Crippen LogP contribution in [-0.2, 0) is 28.2 Å². The Kier molecular flexibility index (Phi) is 6.29. The molecule has 128 valence electrons. The highest BCUT2D eigenvalue weighted by atomic mass is 32.2. The molecule has 0 bridgehead atoms. The Bertz CT molecular complexity index is 748. The molecule has 0 spiro atoms. The van der Waals surface area contributed by atoms with Crippen molar-refractivity contribution in [3.63, 3.8) is 0 Å². The second kappa shape index (κ2) is 8.22. The second-order valence-corrected chi connectivity index (χ2v) is 7.42. The molecule has 7 nitrogen and oxygen atoms in total. The summed E-state index contributed by atoms with van der Waals surface area (Å²) in [6, 6.07) is 4.44. The van der Waals surface area contributed by atoms with Gasteiger partial charge in [-0.05, 0) is 19.1 Å². The fraction of sp³-hybridized carbons (Fsp3) is 0.333. The van der Waals surface area contributed by atoms with Gasteiger partial charge in [0.2, 0.25) is 0 Å². The van der Waals surface area contributed by atoms with Crippen molar-refractivity contribution in [1.82, 2.24) is 9.97 Å². The van der Waals surface area contributed by atoms with Crippen LogP contribution in [0.2, 0.25) is 0 Å². The van der Waals surface area contributed by atoms with Crippen molar-refractivity contribution in [2.24, 2.45) is 5.73 Å². The Labute approximate surface area is 146 Å². The van der Waals surface area contributed by atoms with Gasteiger partial charge >= 0.3 is 11.9 Å². The van der Waals surface area contributed by atoms with Gasteiger partial charge < -0.3 is 15.9 Å². The lowest BCUT2D eigenvalue weighted by molar-refractivity contribution is -0.138. The number of hydrogen-bond donors (Lipinski definition) is 3. The highest BCUT2D eigenvalue weighted by molar-refractivity contribution is 8.00. The molecule has 1 atom stereocenters. The van der Waals surface area contributed by atoms with Crippen LogP contribution >= 0.6 is 23.1 Å². The van der Waals surface area contributed by atoms with Crippen molar-refractivity contribution < 1.29 is 19.8 Å². The van der Waals surface area contributed by atoms with Gasteiger partial charge in [0, 0.05) is 22.7 Å². The molecule has 1 unspecified atom stereocenters. The number of pyridine rings is 1. The fourth-order valence-electron chi connectivity index (χ4n) is 1.94. The number of thiazole rings is 1. The third-order valence-electron chi connectivity index (χ3n) is 3.14. The maximum Gasteiger partial charge on any atom is 0.320 e. The topological polar surface area (TPSA) is 126 Å². The second-order valence-electron chi connectivity index (χ2n) is 5.12. The van der Waals surface area contributed by atoms with Gasteiger partial charge in [0.1, 0.15) is 6.04 Å². The number of carboxylic acid groups (broad SMARTS) is 2. The first kappa shape index (κ1) is 18.4. The first-order chi connectivity index (χ1) is 11.3. The van der Waals surface area contributed by atoms with E-state index in [1.807, 2.05) is 12.1 Å². The predicted octanol–water partition coefficient (Wildman–Crippen LogP) is 1.72. The van der Waals surface area contributed by atoms with E-state index < -0.39 is 18.0 Å². The summed E-state index contributed by atoms with van der Waals surface area (Å²) in [4.78, 5) is 31.1. The fourth-order valence-corrected chi connectivity index (χ4v) is 4.07. The summed E-state index contributed by atoms with van der Waals surface area (Å²) in [5.74, 6) is -1.36. The van der Waals surface area contributed by atoms with Crippen molar-refractivity contribution in [2.75, 3.05) is 0 Å². The summed E-state index contributed by atoms with van der Waals surface area (Å²) in [5.41, 5.74) is 7.68. The lowest BCUT2D eigenvalue weighted by atomic mass is 10.1. The van der Waals surface area contributed by atoms with Crippen LogP contribution in [0.15, 0.2) is 22.5 Å². The van der Waals surface area contributed by atoms with E-state index in [0.29, 0.717) is 11.4 Å². The zero-order valence-electron chi connectivity index (χ0n) is 12.9. The van der Waals surface area contributed by atoms with E-state index in [0.717, 1.165) is 20.6 Å². The highest BCUT2D eigenvalue weighted by Crippen LogP contribution is 2.29. The molecule has 9 heteroatoms. The van der Waals surface area contributed by atoms with Crippen LogP contribution in [-0.4, -0.2) is 38.2 Å². The van der Waals surface area contributed by atoms with Gasteiger partial charge in [0.25, 0.3) is 0 Å². The molecule has 4 N–H and O–H groups in total. The first-order valence-corrected chi connectivity index (χ1v) is 8.89. The van der Waals surface area contributed by atoms with Gasteiger partial charge in [0.15, 0.2) is 4.34 Å². The van der Waals surface area contributed by atoms with E-state index in [1.54, 1.807) is 13.0 Å². The van der Waals surface area contributed by atoms with E-state index in [1.165, 1.54) is 23.1 Å². The first-order valence-electron chi connectivity index (χ1n) is 7.09. The molecule has 24 heavy (non-hydrogen) atoms. The Morgan fingerprint density at radius 2 is 2.00 bits per heavy atom. The largest absolute Gasteiger partial charge is 0.481 e. The van der Waals surface area contributed by atoms with Gasteiger partial charge in [-0.15, -0.1) is 11.3 Å². The molecule has 2 aromatic rings. The number of aliphatic carboxylic acids is 2. The number of aryl methyl sites for hydroxylation is 1. The number of thioether (sulfide) groups is 1. The molecule has 0 fully saturated rings. The Morgan fingerprint density at radius 1 is 1.29 bits per heavy atom. The van der Waals surface area contributed by atoms with Crippen LogP contribution in [0, 0.1) is 6.92 Å². The van der Waals surface area contributed by atoms with Crippen molar-refractivity contribution in [1.29, 1.82) is 0 Å². The lowest BCUT2D eigenvalue weighted by Gasteiger charge is -2.07. The van der Waals surface area contributed by atoms with Crippen LogP contribution in [0.1, 0.15) is 22.0 Å². The van der Waals surface area contributed by atoms with Crippen molar-refractivity contribution in [3.05, 3.63) is 40.2 Å². The summed E-state index contributed by atoms with van der Waals surface area (Å²) < 4.78 is 0.790. The van der Waals surface area contributed by atoms with E-state index in [-0.39, 0.29) is 12.8 Å². The molecule has 2 heterocycles. The molecule has 2 rings (SSSR count). The molecule has 0 aliphatic carbocycles. The van der Waals surface area contributed by atoms with Crippen molar-refractivity contribution in [2.45, 2.75) is 35.9 Å². The molecule has 0 saturated carbocycles. The zero-order valence-corrected chi connectivity index (χ0v) is 14.6. The summed E-state index contributed by atoms with van der Waals surface area (Å²) in [6.07, 6.45) is 0.151. The van der Waals surface area contributed by atoms with E-state index >= 15 is 0 Å². The van der Waals surface area contributed by atoms with Crippen LogP contribution < -0.4 is 5.73 Å². The van der Waals surface area contributed by atoms with E-state index in [4.69, 9.17) is 15.9 Å². The van der Waals surface area contributed by atoms with Gasteiger partial charge in [-0.2, -0.15) is 0 Å². The SMILES string of the molecule is Cc1nc(SCc2cccc(CC(N)C(=O)O)n2)sc1CC(=O)O. The van der Waals surface area contributed by atoms with E-state index in [9.17, 15) is 9.59 Å². The smallest absolute Gasteiger partial charge is 0.320 e. The molecule has 0 aliphatic heterocycles. The van der Waals surface area contributed by atoms with Gasteiger partial charge in [-0.25, -0.2) is 4.98 Å². The monoisotopic (exact) mass is 367 g/mol. The third-order valence-corrected chi connectivity index (χ3v) is 5.47. The Morgan fingerprint density at radius 3 is 2.67 bits per heavy atom. The minimum absolute atomic E-state index is 0.0229. The molecule has 0 aliphatic rings. The number of rotatable bonds is 8. The minimum atomic E-state index is -1.05. The molecule has 0 radical (unpaired) electrons. The summed E-state index contributed by atoms with van der Waals surface area (Å²) in [7, 11) is 0. The quantitative estimate of drug-likeness (QED) is 0.602. The lowest BCUT2D eigenvalue weighted by Crippen LogP contribution is -2.32. The van der Waals surface area contributed by atoms with Crippen LogP contribution in [0.3, 0.4) is 0 Å². The summed E-state index contributed by atoms with van der Waals surface area (Å²) >= 11 is 2.85. The Balaban J connectivity index is 1.99. The number of hydrogen-bond acceptors (Lipinski definition) is 7. The predicted molar refractivity (Wildman–Crippen MR) is 91.3 cm³/mol. The normalized spacial score (nSPS) is 12.1. The molecule has 0 aromatic carbocycles. The van der Waals surface area contributed by atoms with Crippen LogP contribution in [0.25, 0.3) is 0 Å². The van der Waals surface area contributed by atoms with Gasteiger partial charge in [0.05, 0.1) is 17.8 Å². The average molecular weight is 367 g/mol. The maximum atomic E-state index is 10.8. The zero-order chi connectivity index (χ0) is 17.7. The summed E-state index contributed by atoms with van der Waals surface area (Å²) in [5, 5.41) is 17.7. The van der Waals surface area contributed by atoms with Gasteiger partial charge in [-0.1, -0.05) is 17.8 Å². The third kappa shape index (κ3) is 5.29. The number of aromatic nitrogens is 2. The number of carbonyl (C=O) groups is 2. The summed E-state index contributed by atoms with van der Waals surface area (Å²) in [6.45, 7) is 1.80. The number of nitrogens with two attached hydrogens (primary N) is 1. The molecule has 0 saturated heterocycles. The minimum Gasteiger partial charge on any atom is -0.481 e. The Hall–Kier alpha value is -1.97. The van der Waals surface area contributed by atoms with Gasteiger partial charge in [-0.3, -0.25) is 14.6 Å². The highest BCUT2D eigenvalue weighted by Gasteiger charge is 2.14. The van der Waals surface area contributed by atoms with Crippen molar-refractivity contribution >= 4 is 35.0 Å². The number of nitrogens with zero attached hydrogens (tertiary/aromatic N) is 2. The van der Waals surface area contributed by atoms with Crippen molar-refractivity contribution in [3.8, 4) is 0 Å². The molecular weight excluding hydrogens is 350 g/mol. The standard InChI is InChI=1S/C15H17N3O4S2/c1-8-12(6-13(19)20)24-15(17-8)23-7-10-4-2-3-9(18-10)5-11(16)14(21)22/h2-4,11H,5-7,16H2,1H3,(H,19,20)(H,21,22). The van der Waals surface area contributed by atoms with Crippen LogP contribution in [0.4, 0.5) is 0 Å². The van der Waals surface area contributed by atoms with E-state index in [2.05, 4.69) is 9.97 Å². The van der Waals surface area contributed by atoms with Crippen LogP contribution in [0.5, 0.6) is 0 Å².